The molecule has 0 aromatic heterocycles. The molecule has 0 aliphatic heterocycles. The van der Waals surface area contributed by atoms with E-state index in [-0.39, 0.29) is 5.78 Å². The van der Waals surface area contributed by atoms with Crippen LogP contribution in [-0.4, -0.2) is 17.9 Å². The van der Waals surface area contributed by atoms with Gasteiger partial charge in [-0.05, 0) is 42.5 Å². The third kappa shape index (κ3) is 3.25. The molecular weight excluding hydrogens is 276 g/mol. The van der Waals surface area contributed by atoms with Crippen LogP contribution in [0.15, 0.2) is 54.6 Å². The SMILES string of the molecule is O=C(OC1CCCCC1=O)c1ccc(-c2ccccc2)cc1. The van der Waals surface area contributed by atoms with E-state index in [1.165, 1.54) is 0 Å². The molecule has 1 saturated carbocycles. The molecule has 3 rings (SSSR count). The molecule has 3 nitrogen and oxygen atoms in total. The third-order valence-electron chi connectivity index (χ3n) is 3.98. The van der Waals surface area contributed by atoms with E-state index in [0.29, 0.717) is 18.4 Å². The molecule has 0 spiro atoms. The van der Waals surface area contributed by atoms with Crippen LogP contribution in [0, 0.1) is 0 Å². The smallest absolute Gasteiger partial charge is 0.338 e. The zero-order valence-electron chi connectivity index (χ0n) is 12.3. The van der Waals surface area contributed by atoms with Crippen molar-refractivity contribution < 1.29 is 14.3 Å². The number of hydrogen-bond donors (Lipinski definition) is 0. The first-order valence-electron chi connectivity index (χ1n) is 7.63. The Morgan fingerprint density at radius 2 is 1.59 bits per heavy atom. The van der Waals surface area contributed by atoms with E-state index in [1.54, 1.807) is 12.1 Å². The summed E-state index contributed by atoms with van der Waals surface area (Å²) in [6, 6.07) is 17.3. The Morgan fingerprint density at radius 1 is 0.909 bits per heavy atom. The van der Waals surface area contributed by atoms with Crippen LogP contribution >= 0.6 is 0 Å². The van der Waals surface area contributed by atoms with Gasteiger partial charge in [0.05, 0.1) is 5.56 Å². The summed E-state index contributed by atoms with van der Waals surface area (Å²) in [6.07, 6.45) is 2.45. The number of carbonyl (C=O) groups excluding carboxylic acids is 2. The minimum atomic E-state index is -0.560. The molecule has 1 fully saturated rings. The first kappa shape index (κ1) is 14.5. The van der Waals surface area contributed by atoms with Crippen LogP contribution in [0.2, 0.25) is 0 Å². The monoisotopic (exact) mass is 294 g/mol. The highest BCUT2D eigenvalue weighted by Gasteiger charge is 2.26. The van der Waals surface area contributed by atoms with Crippen LogP contribution in [-0.2, 0) is 9.53 Å². The lowest BCUT2D eigenvalue weighted by Crippen LogP contribution is -2.30. The molecule has 0 radical (unpaired) electrons. The van der Waals surface area contributed by atoms with Crippen molar-refractivity contribution in [3.63, 3.8) is 0 Å². The lowest BCUT2D eigenvalue weighted by Gasteiger charge is -2.20. The second kappa shape index (κ2) is 6.56. The van der Waals surface area contributed by atoms with E-state index < -0.39 is 12.1 Å². The summed E-state index contributed by atoms with van der Waals surface area (Å²) in [5.41, 5.74) is 2.63. The number of hydrogen-bond acceptors (Lipinski definition) is 3. The van der Waals surface area contributed by atoms with Crippen LogP contribution in [0.3, 0.4) is 0 Å². The van der Waals surface area contributed by atoms with Crippen molar-refractivity contribution in [2.45, 2.75) is 31.8 Å². The van der Waals surface area contributed by atoms with E-state index >= 15 is 0 Å². The third-order valence-corrected chi connectivity index (χ3v) is 3.98. The second-order valence-corrected chi connectivity index (χ2v) is 5.55. The van der Waals surface area contributed by atoms with Gasteiger partial charge in [-0.3, -0.25) is 4.79 Å². The minimum absolute atomic E-state index is 0.0421. The zero-order chi connectivity index (χ0) is 15.4. The van der Waals surface area contributed by atoms with Gasteiger partial charge in [-0.15, -0.1) is 0 Å². The lowest BCUT2D eigenvalue weighted by atomic mass is 9.96. The highest BCUT2D eigenvalue weighted by Crippen LogP contribution is 2.21. The summed E-state index contributed by atoms with van der Waals surface area (Å²) in [5, 5.41) is 0. The van der Waals surface area contributed by atoms with Crippen molar-refractivity contribution in [2.75, 3.05) is 0 Å². The zero-order valence-corrected chi connectivity index (χ0v) is 12.3. The largest absolute Gasteiger partial charge is 0.451 e. The molecule has 2 aromatic carbocycles. The lowest BCUT2D eigenvalue weighted by molar-refractivity contribution is -0.129. The van der Waals surface area contributed by atoms with Gasteiger partial charge < -0.3 is 4.74 Å². The minimum Gasteiger partial charge on any atom is -0.451 e. The molecular formula is C19H18O3. The van der Waals surface area contributed by atoms with Crippen LogP contribution in [0.5, 0.6) is 0 Å². The standard InChI is InChI=1S/C19H18O3/c20-17-8-4-5-9-18(17)22-19(21)16-12-10-15(11-13-16)14-6-2-1-3-7-14/h1-3,6-7,10-13,18H,4-5,8-9H2. The van der Waals surface area contributed by atoms with Gasteiger partial charge in [0.15, 0.2) is 11.9 Å². The number of benzene rings is 2. The first-order valence-corrected chi connectivity index (χ1v) is 7.63. The van der Waals surface area contributed by atoms with Crippen LogP contribution in [0.4, 0.5) is 0 Å². The molecule has 1 aliphatic carbocycles. The van der Waals surface area contributed by atoms with Crippen LogP contribution < -0.4 is 0 Å². The summed E-state index contributed by atoms with van der Waals surface area (Å²) in [4.78, 5) is 23.9. The topological polar surface area (TPSA) is 43.4 Å². The average molecular weight is 294 g/mol. The highest BCUT2D eigenvalue weighted by molar-refractivity contribution is 5.93. The van der Waals surface area contributed by atoms with E-state index in [0.717, 1.165) is 24.0 Å². The molecule has 0 saturated heterocycles. The Balaban J connectivity index is 1.70. The van der Waals surface area contributed by atoms with Crippen molar-refractivity contribution in [1.29, 1.82) is 0 Å². The van der Waals surface area contributed by atoms with E-state index in [4.69, 9.17) is 4.74 Å². The molecule has 0 bridgehead atoms. The fraction of sp³-hybridized carbons (Fsp3) is 0.263. The predicted octanol–water partition coefficient (Wildman–Crippen LogP) is 4.02. The molecule has 1 aliphatic rings. The van der Waals surface area contributed by atoms with Crippen molar-refractivity contribution in [2.24, 2.45) is 0 Å². The first-order chi connectivity index (χ1) is 10.7. The van der Waals surface area contributed by atoms with Crippen LogP contribution in [0.25, 0.3) is 11.1 Å². The van der Waals surface area contributed by atoms with E-state index in [9.17, 15) is 9.59 Å². The number of rotatable bonds is 3. The number of ether oxygens (including phenoxy) is 1. The molecule has 1 unspecified atom stereocenters. The fourth-order valence-electron chi connectivity index (χ4n) is 2.70. The van der Waals surface area contributed by atoms with Crippen molar-refractivity contribution >= 4 is 11.8 Å². The Bertz CT molecular complexity index is 659. The Kier molecular flexibility index (Phi) is 4.33. The van der Waals surface area contributed by atoms with Gasteiger partial charge in [-0.1, -0.05) is 42.5 Å². The number of esters is 1. The van der Waals surface area contributed by atoms with Gasteiger partial charge >= 0.3 is 5.97 Å². The maximum absolute atomic E-state index is 12.1. The quantitative estimate of drug-likeness (QED) is 0.803. The molecule has 0 amide bonds. The Morgan fingerprint density at radius 3 is 2.27 bits per heavy atom. The predicted molar refractivity (Wildman–Crippen MR) is 84.6 cm³/mol. The highest BCUT2D eigenvalue weighted by atomic mass is 16.5. The maximum Gasteiger partial charge on any atom is 0.338 e. The molecule has 22 heavy (non-hydrogen) atoms. The van der Waals surface area contributed by atoms with Gasteiger partial charge in [-0.25, -0.2) is 4.79 Å². The summed E-state index contributed by atoms with van der Waals surface area (Å²) in [7, 11) is 0. The van der Waals surface area contributed by atoms with E-state index in [2.05, 4.69) is 0 Å². The summed E-state index contributed by atoms with van der Waals surface area (Å²) >= 11 is 0. The van der Waals surface area contributed by atoms with Crippen molar-refractivity contribution in [1.82, 2.24) is 0 Å². The van der Waals surface area contributed by atoms with Gasteiger partial charge in [0.25, 0.3) is 0 Å². The van der Waals surface area contributed by atoms with Gasteiger partial charge in [-0.2, -0.15) is 0 Å². The summed E-state index contributed by atoms with van der Waals surface area (Å²) < 4.78 is 5.35. The normalized spacial score (nSPS) is 18.0. The fourth-order valence-corrected chi connectivity index (χ4v) is 2.70. The van der Waals surface area contributed by atoms with E-state index in [1.807, 2.05) is 42.5 Å². The number of carbonyl (C=O) groups is 2. The average Bonchev–Trinajstić information content (AvgIpc) is 2.58. The number of Topliss-reactive ketones (excluding diaryl/α,β-unsaturated/α-hetero) is 1. The van der Waals surface area contributed by atoms with Crippen LogP contribution in [0.1, 0.15) is 36.0 Å². The Labute approximate surface area is 129 Å². The van der Waals surface area contributed by atoms with Gasteiger partial charge in [0.2, 0.25) is 0 Å². The van der Waals surface area contributed by atoms with Gasteiger partial charge in [0, 0.05) is 6.42 Å². The maximum atomic E-state index is 12.1. The Hall–Kier alpha value is -2.42. The molecule has 112 valence electrons. The molecule has 0 N–H and O–H groups in total. The molecule has 0 heterocycles. The number of ketones is 1. The summed E-state index contributed by atoms with van der Waals surface area (Å²) in [5.74, 6) is -0.375. The molecule has 2 aromatic rings. The second-order valence-electron chi connectivity index (χ2n) is 5.55. The molecule has 1 atom stereocenters. The van der Waals surface area contributed by atoms with Gasteiger partial charge in [0.1, 0.15) is 0 Å². The molecule has 3 heteroatoms. The summed E-state index contributed by atoms with van der Waals surface area (Å²) in [6.45, 7) is 0. The van der Waals surface area contributed by atoms with Crippen molar-refractivity contribution in [3.8, 4) is 11.1 Å². The van der Waals surface area contributed by atoms with Crippen molar-refractivity contribution in [3.05, 3.63) is 60.2 Å².